The smallest absolute Gasteiger partial charge is 0.141 e. The van der Waals surface area contributed by atoms with E-state index in [2.05, 4.69) is 5.32 Å². The number of fused-ring (bicyclic) bond motifs is 1. The first-order chi connectivity index (χ1) is 8.74. The third kappa shape index (κ3) is 2.10. The number of anilines is 1. The summed E-state index contributed by atoms with van der Waals surface area (Å²) >= 11 is 5.78. The Kier molecular flexibility index (Phi) is 3.00. The first kappa shape index (κ1) is 11.6. The molecular weight excluding hydrogens is 253 g/mol. The van der Waals surface area contributed by atoms with E-state index < -0.39 is 5.82 Å². The standard InChI is InChI=1S/C14H13ClFNO/c15-11-8-9(4-5-12(11)16)17-13-2-1-3-14-10(13)6-7-18-14/h4-8,13,17H,1-3H2. The molecule has 3 rings (SSSR count). The second-order valence-electron chi connectivity index (χ2n) is 4.52. The number of furan rings is 1. The zero-order chi connectivity index (χ0) is 12.5. The molecule has 1 aromatic carbocycles. The molecule has 0 fully saturated rings. The number of rotatable bonds is 2. The average Bonchev–Trinajstić information content (AvgIpc) is 2.83. The number of nitrogens with one attached hydrogen (secondary N) is 1. The van der Waals surface area contributed by atoms with Gasteiger partial charge in [-0.2, -0.15) is 0 Å². The van der Waals surface area contributed by atoms with Crippen LogP contribution in [0.4, 0.5) is 10.1 Å². The van der Waals surface area contributed by atoms with Crippen LogP contribution in [0, 0.1) is 5.82 Å². The van der Waals surface area contributed by atoms with Crippen LogP contribution in [-0.4, -0.2) is 0 Å². The molecule has 1 N–H and O–H groups in total. The summed E-state index contributed by atoms with van der Waals surface area (Å²) in [6, 6.07) is 6.91. The molecule has 1 aromatic heterocycles. The Labute approximate surface area is 110 Å². The van der Waals surface area contributed by atoms with E-state index >= 15 is 0 Å². The lowest BCUT2D eigenvalue weighted by atomic mass is 9.93. The summed E-state index contributed by atoms with van der Waals surface area (Å²) < 4.78 is 18.5. The molecule has 4 heteroatoms. The van der Waals surface area contributed by atoms with E-state index in [0.717, 1.165) is 30.7 Å². The molecule has 0 radical (unpaired) electrons. The summed E-state index contributed by atoms with van der Waals surface area (Å²) in [6.45, 7) is 0. The molecule has 1 heterocycles. The number of halogens is 2. The van der Waals surface area contributed by atoms with Crippen LogP contribution < -0.4 is 5.32 Å². The van der Waals surface area contributed by atoms with Gasteiger partial charge in [0.15, 0.2) is 0 Å². The maximum Gasteiger partial charge on any atom is 0.141 e. The van der Waals surface area contributed by atoms with Crippen molar-refractivity contribution < 1.29 is 8.81 Å². The molecule has 18 heavy (non-hydrogen) atoms. The van der Waals surface area contributed by atoms with Crippen LogP contribution >= 0.6 is 11.6 Å². The van der Waals surface area contributed by atoms with E-state index in [1.54, 1.807) is 18.4 Å². The monoisotopic (exact) mass is 265 g/mol. The van der Waals surface area contributed by atoms with Crippen molar-refractivity contribution in [3.05, 3.63) is 52.7 Å². The molecule has 94 valence electrons. The van der Waals surface area contributed by atoms with Gasteiger partial charge in [-0.05, 0) is 37.1 Å². The predicted octanol–water partition coefficient (Wildman–Crippen LogP) is 4.56. The van der Waals surface area contributed by atoms with Gasteiger partial charge in [0.05, 0.1) is 17.3 Å². The fourth-order valence-electron chi connectivity index (χ4n) is 2.42. The number of hydrogen-bond acceptors (Lipinski definition) is 2. The molecule has 0 saturated heterocycles. The molecule has 0 amide bonds. The molecule has 1 aliphatic carbocycles. The van der Waals surface area contributed by atoms with Gasteiger partial charge in [-0.1, -0.05) is 11.6 Å². The highest BCUT2D eigenvalue weighted by Crippen LogP contribution is 2.33. The van der Waals surface area contributed by atoms with E-state index in [0.29, 0.717) is 0 Å². The fourth-order valence-corrected chi connectivity index (χ4v) is 2.60. The Bertz CT molecular complexity index is 567. The van der Waals surface area contributed by atoms with Gasteiger partial charge >= 0.3 is 0 Å². The molecule has 2 nitrogen and oxygen atoms in total. The van der Waals surface area contributed by atoms with Gasteiger partial charge < -0.3 is 9.73 Å². The Morgan fingerprint density at radius 2 is 2.22 bits per heavy atom. The quantitative estimate of drug-likeness (QED) is 0.861. The van der Waals surface area contributed by atoms with E-state index in [-0.39, 0.29) is 11.1 Å². The molecule has 1 unspecified atom stereocenters. The van der Waals surface area contributed by atoms with Gasteiger partial charge in [0.25, 0.3) is 0 Å². The predicted molar refractivity (Wildman–Crippen MR) is 69.4 cm³/mol. The topological polar surface area (TPSA) is 25.2 Å². The van der Waals surface area contributed by atoms with Crippen LogP contribution in [-0.2, 0) is 6.42 Å². The van der Waals surface area contributed by atoms with Crippen molar-refractivity contribution in [3.8, 4) is 0 Å². The second-order valence-corrected chi connectivity index (χ2v) is 4.92. The largest absolute Gasteiger partial charge is 0.469 e. The Morgan fingerprint density at radius 3 is 3.06 bits per heavy atom. The van der Waals surface area contributed by atoms with Gasteiger partial charge in [-0.3, -0.25) is 0 Å². The van der Waals surface area contributed by atoms with Crippen molar-refractivity contribution in [3.63, 3.8) is 0 Å². The highest BCUT2D eigenvalue weighted by molar-refractivity contribution is 6.31. The second kappa shape index (κ2) is 4.65. The highest BCUT2D eigenvalue weighted by atomic mass is 35.5. The molecule has 0 saturated carbocycles. The molecule has 2 aromatic rings. The minimum atomic E-state index is -0.394. The fraction of sp³-hybridized carbons (Fsp3) is 0.286. The van der Waals surface area contributed by atoms with Crippen LogP contribution in [0.15, 0.2) is 34.9 Å². The number of benzene rings is 1. The zero-order valence-corrected chi connectivity index (χ0v) is 10.5. The Balaban J connectivity index is 1.84. The zero-order valence-electron chi connectivity index (χ0n) is 9.75. The Morgan fingerprint density at radius 1 is 1.33 bits per heavy atom. The maximum atomic E-state index is 13.1. The summed E-state index contributed by atoms with van der Waals surface area (Å²) in [6.07, 6.45) is 4.85. The van der Waals surface area contributed by atoms with Crippen molar-refractivity contribution in [2.45, 2.75) is 25.3 Å². The van der Waals surface area contributed by atoms with Crippen molar-refractivity contribution in [1.29, 1.82) is 0 Å². The van der Waals surface area contributed by atoms with E-state index in [9.17, 15) is 4.39 Å². The van der Waals surface area contributed by atoms with Crippen LogP contribution in [0.2, 0.25) is 5.02 Å². The Hall–Kier alpha value is -1.48. The average molecular weight is 266 g/mol. The molecule has 1 aliphatic rings. The summed E-state index contributed by atoms with van der Waals surface area (Å²) in [4.78, 5) is 0. The van der Waals surface area contributed by atoms with E-state index in [1.807, 2.05) is 6.07 Å². The van der Waals surface area contributed by atoms with Crippen molar-refractivity contribution in [1.82, 2.24) is 0 Å². The van der Waals surface area contributed by atoms with Gasteiger partial charge in [0, 0.05) is 17.7 Å². The summed E-state index contributed by atoms with van der Waals surface area (Å²) in [5.74, 6) is 0.654. The summed E-state index contributed by atoms with van der Waals surface area (Å²) in [7, 11) is 0. The third-order valence-corrected chi connectivity index (χ3v) is 3.60. The molecule has 0 bridgehead atoms. The lowest BCUT2D eigenvalue weighted by Crippen LogP contribution is -2.15. The van der Waals surface area contributed by atoms with Crippen LogP contribution in [0.5, 0.6) is 0 Å². The van der Waals surface area contributed by atoms with Crippen LogP contribution in [0.3, 0.4) is 0 Å². The van der Waals surface area contributed by atoms with E-state index in [1.165, 1.54) is 11.6 Å². The van der Waals surface area contributed by atoms with Crippen LogP contribution in [0.25, 0.3) is 0 Å². The summed E-state index contributed by atoms with van der Waals surface area (Å²) in [5, 5.41) is 3.52. The number of hydrogen-bond donors (Lipinski definition) is 1. The number of aryl methyl sites for hydroxylation is 1. The van der Waals surface area contributed by atoms with Crippen molar-refractivity contribution in [2.75, 3.05) is 5.32 Å². The van der Waals surface area contributed by atoms with Crippen molar-refractivity contribution in [2.24, 2.45) is 0 Å². The SMILES string of the molecule is Fc1ccc(NC2CCCc3occc32)cc1Cl. The minimum Gasteiger partial charge on any atom is -0.469 e. The normalized spacial score (nSPS) is 18.4. The first-order valence-electron chi connectivity index (χ1n) is 6.02. The third-order valence-electron chi connectivity index (χ3n) is 3.31. The molecule has 1 atom stereocenters. The van der Waals surface area contributed by atoms with Gasteiger partial charge in [0.2, 0.25) is 0 Å². The van der Waals surface area contributed by atoms with Gasteiger partial charge in [0.1, 0.15) is 11.6 Å². The highest BCUT2D eigenvalue weighted by Gasteiger charge is 2.22. The minimum absolute atomic E-state index is 0.142. The lowest BCUT2D eigenvalue weighted by molar-refractivity contribution is 0.461. The molecule has 0 spiro atoms. The van der Waals surface area contributed by atoms with Gasteiger partial charge in [-0.15, -0.1) is 0 Å². The van der Waals surface area contributed by atoms with Gasteiger partial charge in [-0.25, -0.2) is 4.39 Å². The van der Waals surface area contributed by atoms with Crippen molar-refractivity contribution >= 4 is 17.3 Å². The lowest BCUT2D eigenvalue weighted by Gasteiger charge is -2.23. The summed E-state index contributed by atoms with van der Waals surface area (Å²) in [5.41, 5.74) is 2.03. The first-order valence-corrected chi connectivity index (χ1v) is 6.39. The molecular formula is C14H13ClFNO. The maximum absolute atomic E-state index is 13.1. The van der Waals surface area contributed by atoms with E-state index in [4.69, 9.17) is 16.0 Å². The van der Waals surface area contributed by atoms with Crippen LogP contribution in [0.1, 0.15) is 30.2 Å². The molecule has 0 aliphatic heterocycles.